The molecule has 0 saturated carbocycles. The number of hydrogen-bond acceptors (Lipinski definition) is 4. The quantitative estimate of drug-likeness (QED) is 0.377. The van der Waals surface area contributed by atoms with E-state index in [1.54, 1.807) is 6.08 Å². The molecule has 1 aromatic rings. The number of hydrogen-bond donors (Lipinski definition) is 4. The fourth-order valence-corrected chi connectivity index (χ4v) is 3.22. The van der Waals surface area contributed by atoms with Crippen LogP contribution in [0.1, 0.15) is 29.3 Å². The number of carbonyl (C=O) groups is 1. The molecule has 5 N–H and O–H groups in total. The zero-order valence-electron chi connectivity index (χ0n) is 10.5. The number of aryl methyl sites for hydroxylation is 1. The summed E-state index contributed by atoms with van der Waals surface area (Å²) < 4.78 is 0. The monoisotopic (exact) mass is 279 g/mol. The van der Waals surface area contributed by atoms with Crippen LogP contribution in [0.15, 0.2) is 12.7 Å². The summed E-state index contributed by atoms with van der Waals surface area (Å²) in [6, 6.07) is 0. The molecule has 1 atom stereocenters. The number of nitrogens with two attached hydrogens (primary N) is 1. The minimum absolute atomic E-state index is 0.0134. The maximum absolute atomic E-state index is 12.1. The van der Waals surface area contributed by atoms with Gasteiger partial charge in [-0.05, 0) is 19.3 Å². The molecule has 0 aromatic carbocycles. The molecule has 7 heteroatoms. The predicted octanol–water partition coefficient (Wildman–Crippen LogP) is 1.17. The number of rotatable bonds is 4. The molecule has 102 valence electrons. The van der Waals surface area contributed by atoms with Gasteiger partial charge < -0.3 is 16.4 Å². The second-order valence-electron chi connectivity index (χ2n) is 4.34. The van der Waals surface area contributed by atoms with E-state index in [-0.39, 0.29) is 17.8 Å². The van der Waals surface area contributed by atoms with Gasteiger partial charge in [0.05, 0.1) is 11.6 Å². The Morgan fingerprint density at radius 2 is 2.47 bits per heavy atom. The van der Waals surface area contributed by atoms with Crippen molar-refractivity contribution in [1.29, 1.82) is 5.41 Å². The molecule has 0 fully saturated rings. The van der Waals surface area contributed by atoms with Crippen LogP contribution in [0.25, 0.3) is 0 Å². The molecule has 2 rings (SSSR count). The van der Waals surface area contributed by atoms with Crippen LogP contribution in [0.5, 0.6) is 0 Å². The average molecular weight is 279 g/mol. The van der Waals surface area contributed by atoms with Crippen molar-refractivity contribution >= 4 is 28.3 Å². The van der Waals surface area contributed by atoms with Gasteiger partial charge in [-0.25, -0.2) is 4.98 Å². The summed E-state index contributed by atoms with van der Waals surface area (Å²) in [6.45, 7) is 4.05. The lowest BCUT2D eigenvalue weighted by Crippen LogP contribution is -2.31. The Morgan fingerprint density at radius 3 is 3.16 bits per heavy atom. The Morgan fingerprint density at radius 1 is 1.68 bits per heavy atom. The number of guanidine groups is 1. The third-order valence-corrected chi connectivity index (χ3v) is 3.98. The van der Waals surface area contributed by atoms with E-state index in [0.29, 0.717) is 11.7 Å². The Hall–Kier alpha value is -1.89. The van der Waals surface area contributed by atoms with Crippen molar-refractivity contribution < 1.29 is 4.79 Å². The summed E-state index contributed by atoms with van der Waals surface area (Å²) in [5.41, 5.74) is 6.11. The SMILES string of the molecule is C=CCNC(=O)[C@H]1CCCc2sc(NC(=N)N)nc21. The largest absolute Gasteiger partial charge is 0.370 e. The van der Waals surface area contributed by atoms with E-state index in [9.17, 15) is 4.79 Å². The second kappa shape index (κ2) is 5.83. The highest BCUT2D eigenvalue weighted by Gasteiger charge is 2.29. The predicted molar refractivity (Wildman–Crippen MR) is 76.5 cm³/mol. The molecule has 1 aliphatic carbocycles. The lowest BCUT2D eigenvalue weighted by atomic mass is 9.90. The van der Waals surface area contributed by atoms with Gasteiger partial charge >= 0.3 is 0 Å². The van der Waals surface area contributed by atoms with Crippen molar-refractivity contribution in [2.24, 2.45) is 5.73 Å². The average Bonchev–Trinajstić information content (AvgIpc) is 2.76. The van der Waals surface area contributed by atoms with Gasteiger partial charge in [0, 0.05) is 11.4 Å². The zero-order valence-corrected chi connectivity index (χ0v) is 11.3. The van der Waals surface area contributed by atoms with Crippen molar-refractivity contribution in [3.05, 3.63) is 23.2 Å². The number of thiazole rings is 1. The van der Waals surface area contributed by atoms with Crippen LogP contribution in [0, 0.1) is 5.41 Å². The number of fused-ring (bicyclic) bond motifs is 1. The van der Waals surface area contributed by atoms with Crippen LogP contribution in [0.4, 0.5) is 5.13 Å². The van der Waals surface area contributed by atoms with Crippen LogP contribution in [-0.2, 0) is 11.2 Å². The highest BCUT2D eigenvalue weighted by Crippen LogP contribution is 2.36. The van der Waals surface area contributed by atoms with Gasteiger partial charge in [0.25, 0.3) is 0 Å². The lowest BCUT2D eigenvalue weighted by Gasteiger charge is -2.19. The Balaban J connectivity index is 2.18. The molecule has 0 saturated heterocycles. The molecular weight excluding hydrogens is 262 g/mol. The van der Waals surface area contributed by atoms with Crippen molar-refractivity contribution in [3.8, 4) is 0 Å². The molecule has 1 aliphatic rings. The van der Waals surface area contributed by atoms with E-state index in [1.165, 1.54) is 11.3 Å². The van der Waals surface area contributed by atoms with E-state index in [2.05, 4.69) is 22.2 Å². The van der Waals surface area contributed by atoms with Crippen molar-refractivity contribution in [1.82, 2.24) is 10.3 Å². The summed E-state index contributed by atoms with van der Waals surface area (Å²) >= 11 is 1.47. The molecule has 1 aromatic heterocycles. The van der Waals surface area contributed by atoms with E-state index in [4.69, 9.17) is 11.1 Å². The molecule has 1 amide bonds. The minimum atomic E-state index is -0.206. The van der Waals surface area contributed by atoms with Crippen molar-refractivity contribution in [3.63, 3.8) is 0 Å². The molecule has 19 heavy (non-hydrogen) atoms. The molecule has 0 bridgehead atoms. The molecule has 0 radical (unpaired) electrons. The first-order chi connectivity index (χ1) is 9.11. The van der Waals surface area contributed by atoms with Crippen LogP contribution in [-0.4, -0.2) is 23.4 Å². The standard InChI is InChI=1S/C12H17N5OS/c1-2-6-15-10(18)7-4-3-5-8-9(7)16-12(19-8)17-11(13)14/h2,7H,1,3-6H2,(H,15,18)(H4,13,14,16,17)/t7-/m0/s1. The number of nitrogens with one attached hydrogen (secondary N) is 3. The first-order valence-electron chi connectivity index (χ1n) is 6.11. The highest BCUT2D eigenvalue weighted by molar-refractivity contribution is 7.15. The van der Waals surface area contributed by atoms with Gasteiger partial charge in [0.1, 0.15) is 0 Å². The fourth-order valence-electron chi connectivity index (χ4n) is 2.14. The molecule has 0 spiro atoms. The normalized spacial score (nSPS) is 17.4. The maximum atomic E-state index is 12.1. The number of nitrogens with zero attached hydrogens (tertiary/aromatic N) is 1. The number of carbonyl (C=O) groups excluding carboxylic acids is 1. The number of anilines is 1. The van der Waals surface area contributed by atoms with Crippen LogP contribution in [0.2, 0.25) is 0 Å². The first kappa shape index (κ1) is 13.5. The Labute approximate surface area is 115 Å². The van der Waals surface area contributed by atoms with Gasteiger partial charge in [-0.15, -0.1) is 17.9 Å². The lowest BCUT2D eigenvalue weighted by molar-refractivity contribution is -0.122. The summed E-state index contributed by atoms with van der Waals surface area (Å²) in [4.78, 5) is 17.6. The van der Waals surface area contributed by atoms with E-state index >= 15 is 0 Å². The Bertz CT molecular complexity index is 510. The fraction of sp³-hybridized carbons (Fsp3) is 0.417. The summed E-state index contributed by atoms with van der Waals surface area (Å²) in [5, 5.41) is 13.3. The summed E-state index contributed by atoms with van der Waals surface area (Å²) in [7, 11) is 0. The zero-order chi connectivity index (χ0) is 13.8. The number of aromatic nitrogens is 1. The van der Waals surface area contributed by atoms with Gasteiger partial charge in [0.2, 0.25) is 5.91 Å². The highest BCUT2D eigenvalue weighted by atomic mass is 32.1. The molecule has 0 aliphatic heterocycles. The topological polar surface area (TPSA) is 104 Å². The van der Waals surface area contributed by atoms with Gasteiger partial charge in [0.15, 0.2) is 11.1 Å². The van der Waals surface area contributed by atoms with Gasteiger partial charge in [-0.3, -0.25) is 10.2 Å². The van der Waals surface area contributed by atoms with E-state index in [1.807, 2.05) is 0 Å². The molecule has 6 nitrogen and oxygen atoms in total. The number of amides is 1. The van der Waals surface area contributed by atoms with Gasteiger partial charge in [-0.2, -0.15) is 0 Å². The smallest absolute Gasteiger partial charge is 0.229 e. The molecular formula is C12H17N5OS. The van der Waals surface area contributed by atoms with Crippen molar-refractivity contribution in [2.75, 3.05) is 11.9 Å². The maximum Gasteiger partial charge on any atom is 0.229 e. The third kappa shape index (κ3) is 3.11. The molecule has 0 unspecified atom stereocenters. The van der Waals surface area contributed by atoms with Crippen molar-refractivity contribution in [2.45, 2.75) is 25.2 Å². The van der Waals surface area contributed by atoms with E-state index in [0.717, 1.165) is 29.8 Å². The van der Waals surface area contributed by atoms with Crippen LogP contribution >= 0.6 is 11.3 Å². The van der Waals surface area contributed by atoms with Crippen LogP contribution < -0.4 is 16.4 Å². The first-order valence-corrected chi connectivity index (χ1v) is 6.92. The second-order valence-corrected chi connectivity index (χ2v) is 5.43. The van der Waals surface area contributed by atoms with Gasteiger partial charge in [-0.1, -0.05) is 6.08 Å². The summed E-state index contributed by atoms with van der Waals surface area (Å²) in [5.74, 6) is -0.360. The third-order valence-electron chi connectivity index (χ3n) is 2.93. The summed E-state index contributed by atoms with van der Waals surface area (Å²) in [6.07, 6.45) is 4.36. The minimum Gasteiger partial charge on any atom is -0.370 e. The Kier molecular flexibility index (Phi) is 4.16. The molecule has 1 heterocycles. The van der Waals surface area contributed by atoms with E-state index < -0.39 is 0 Å². The van der Waals surface area contributed by atoms with Crippen LogP contribution in [0.3, 0.4) is 0 Å².